The number of nitrogens with zero attached hydrogens (tertiary/aromatic N) is 1. The number of rotatable bonds is 12. The number of amides is 1. The number of nitrogens with one attached hydrogen (secondary N) is 2. The first kappa shape index (κ1) is 29.3. The van der Waals surface area contributed by atoms with Gasteiger partial charge in [0.15, 0.2) is 11.5 Å². The van der Waals surface area contributed by atoms with Gasteiger partial charge in [-0.15, -0.1) is 0 Å². The van der Waals surface area contributed by atoms with Crippen molar-refractivity contribution in [1.29, 1.82) is 0 Å². The number of sulfonamides is 1. The Kier molecular flexibility index (Phi) is 10.5. The number of ether oxygens (including phenoxy) is 2. The highest BCUT2D eigenvalue weighted by Crippen LogP contribution is 2.36. The van der Waals surface area contributed by atoms with Crippen molar-refractivity contribution in [3.05, 3.63) is 87.9 Å². The number of carbonyl (C=O) groups excluding carboxylic acids is 1. The third kappa shape index (κ3) is 8.41. The van der Waals surface area contributed by atoms with Gasteiger partial charge in [-0.1, -0.05) is 61.9 Å². The standard InChI is InChI=1S/C28H32BrN3O5S/c1-19(2)14-25(32-38(34,35)23-12-10-20(3)11-13-23)28(33)31-30-17-22-15-24(29)27(26(16-22)36-4)37-18-21-8-6-5-7-9-21/h5-13,15-17,19,25,32H,14,18H2,1-4H3,(H,31,33)/b30-17-/t25-/m0/s1. The van der Waals surface area contributed by atoms with Crippen LogP contribution in [0.4, 0.5) is 0 Å². The number of hydrogen-bond donors (Lipinski definition) is 2. The molecule has 0 bridgehead atoms. The number of hydrogen-bond acceptors (Lipinski definition) is 6. The summed E-state index contributed by atoms with van der Waals surface area (Å²) < 4.78 is 40.3. The Labute approximate surface area is 232 Å². The Hall–Kier alpha value is -3.21. The molecule has 0 aliphatic heterocycles. The minimum atomic E-state index is -3.89. The molecule has 3 rings (SSSR count). The first-order chi connectivity index (χ1) is 18.1. The summed E-state index contributed by atoms with van der Waals surface area (Å²) in [5, 5.41) is 4.05. The van der Waals surface area contributed by atoms with Crippen molar-refractivity contribution in [3.8, 4) is 11.5 Å². The van der Waals surface area contributed by atoms with Crippen LogP contribution in [0.25, 0.3) is 0 Å². The average Bonchev–Trinajstić information content (AvgIpc) is 2.87. The zero-order chi connectivity index (χ0) is 27.7. The van der Waals surface area contributed by atoms with Crippen LogP contribution in [0.15, 0.2) is 81.2 Å². The molecule has 1 atom stereocenters. The Balaban J connectivity index is 1.70. The number of hydrazone groups is 1. The summed E-state index contributed by atoms with van der Waals surface area (Å²) >= 11 is 3.51. The van der Waals surface area contributed by atoms with Crippen molar-refractivity contribution >= 4 is 38.1 Å². The summed E-state index contributed by atoms with van der Waals surface area (Å²) in [4.78, 5) is 13.0. The zero-order valence-corrected chi connectivity index (χ0v) is 24.2. The molecule has 10 heteroatoms. The van der Waals surface area contributed by atoms with Gasteiger partial charge in [0, 0.05) is 0 Å². The predicted octanol–water partition coefficient (Wildman–Crippen LogP) is 5.19. The van der Waals surface area contributed by atoms with E-state index in [0.29, 0.717) is 34.6 Å². The minimum absolute atomic E-state index is 0.0686. The van der Waals surface area contributed by atoms with Crippen molar-refractivity contribution in [2.24, 2.45) is 11.0 Å². The maximum atomic E-state index is 12.9. The average molecular weight is 603 g/mol. The Morgan fingerprint density at radius 2 is 1.76 bits per heavy atom. The molecule has 0 spiro atoms. The molecule has 0 fully saturated rings. The summed E-state index contributed by atoms with van der Waals surface area (Å²) in [5.41, 5.74) is 5.05. The van der Waals surface area contributed by atoms with Gasteiger partial charge in [0.25, 0.3) is 5.91 Å². The fraction of sp³-hybridized carbons (Fsp3) is 0.286. The van der Waals surface area contributed by atoms with E-state index in [1.165, 1.54) is 25.5 Å². The van der Waals surface area contributed by atoms with Gasteiger partial charge in [0.1, 0.15) is 12.6 Å². The molecule has 202 valence electrons. The second kappa shape index (κ2) is 13.5. The third-order valence-corrected chi connectivity index (χ3v) is 7.60. The Bertz CT molecular complexity index is 1360. The van der Waals surface area contributed by atoms with Gasteiger partial charge < -0.3 is 9.47 Å². The summed E-state index contributed by atoms with van der Waals surface area (Å²) in [6.45, 7) is 6.06. The van der Waals surface area contributed by atoms with E-state index in [-0.39, 0.29) is 10.8 Å². The number of carbonyl (C=O) groups is 1. The normalized spacial score (nSPS) is 12.5. The molecule has 1 amide bonds. The number of methoxy groups -OCH3 is 1. The van der Waals surface area contributed by atoms with Crippen LogP contribution >= 0.6 is 15.9 Å². The molecule has 3 aromatic carbocycles. The highest BCUT2D eigenvalue weighted by Gasteiger charge is 2.26. The first-order valence-corrected chi connectivity index (χ1v) is 14.3. The molecule has 0 unspecified atom stereocenters. The van der Waals surface area contributed by atoms with E-state index in [0.717, 1.165) is 11.1 Å². The van der Waals surface area contributed by atoms with Gasteiger partial charge in [-0.2, -0.15) is 9.82 Å². The van der Waals surface area contributed by atoms with E-state index in [2.05, 4.69) is 31.2 Å². The third-order valence-electron chi connectivity index (χ3n) is 5.52. The quantitative estimate of drug-likeness (QED) is 0.219. The second-order valence-corrected chi connectivity index (χ2v) is 11.7. The molecular formula is C28H32BrN3O5S. The lowest BCUT2D eigenvalue weighted by atomic mass is 10.0. The van der Waals surface area contributed by atoms with E-state index >= 15 is 0 Å². The van der Waals surface area contributed by atoms with Gasteiger partial charge >= 0.3 is 0 Å². The van der Waals surface area contributed by atoms with Crippen LogP contribution in [-0.4, -0.2) is 33.7 Å². The topological polar surface area (TPSA) is 106 Å². The highest BCUT2D eigenvalue weighted by molar-refractivity contribution is 9.10. The molecule has 8 nitrogen and oxygen atoms in total. The summed E-state index contributed by atoms with van der Waals surface area (Å²) in [6.07, 6.45) is 1.76. The maximum absolute atomic E-state index is 12.9. The lowest BCUT2D eigenvalue weighted by Crippen LogP contribution is -2.46. The van der Waals surface area contributed by atoms with Gasteiger partial charge in [0.2, 0.25) is 10.0 Å². The van der Waals surface area contributed by atoms with Crippen LogP contribution in [0.5, 0.6) is 11.5 Å². The fourth-order valence-electron chi connectivity index (χ4n) is 3.59. The number of aryl methyl sites for hydroxylation is 1. The molecule has 0 aliphatic rings. The monoisotopic (exact) mass is 601 g/mol. The van der Waals surface area contributed by atoms with Crippen LogP contribution in [0.2, 0.25) is 0 Å². The molecule has 2 N–H and O–H groups in total. The van der Waals surface area contributed by atoms with Gasteiger partial charge in [-0.25, -0.2) is 13.8 Å². The van der Waals surface area contributed by atoms with E-state index in [4.69, 9.17) is 9.47 Å². The van der Waals surface area contributed by atoms with Crippen molar-refractivity contribution in [2.75, 3.05) is 7.11 Å². The Morgan fingerprint density at radius 3 is 2.39 bits per heavy atom. The number of benzene rings is 3. The van der Waals surface area contributed by atoms with Crippen molar-refractivity contribution < 1.29 is 22.7 Å². The second-order valence-electron chi connectivity index (χ2n) is 9.16. The van der Waals surface area contributed by atoms with E-state index < -0.39 is 22.0 Å². The van der Waals surface area contributed by atoms with Crippen molar-refractivity contribution in [1.82, 2.24) is 10.1 Å². The van der Waals surface area contributed by atoms with Gasteiger partial charge in [-0.3, -0.25) is 4.79 Å². The van der Waals surface area contributed by atoms with E-state index in [1.807, 2.05) is 51.1 Å². The molecule has 38 heavy (non-hydrogen) atoms. The molecule has 3 aromatic rings. The van der Waals surface area contributed by atoms with Crippen molar-refractivity contribution in [3.63, 3.8) is 0 Å². The maximum Gasteiger partial charge on any atom is 0.258 e. The SMILES string of the molecule is COc1cc(/C=N\NC(=O)[C@H](CC(C)C)NS(=O)(=O)c2ccc(C)cc2)cc(Br)c1OCc1ccccc1. The minimum Gasteiger partial charge on any atom is -0.493 e. The fourth-order valence-corrected chi connectivity index (χ4v) is 5.37. The lowest BCUT2D eigenvalue weighted by molar-refractivity contribution is -0.123. The predicted molar refractivity (Wildman–Crippen MR) is 152 cm³/mol. The highest BCUT2D eigenvalue weighted by atomic mass is 79.9. The molecule has 0 saturated carbocycles. The Morgan fingerprint density at radius 1 is 1.08 bits per heavy atom. The van der Waals surface area contributed by atoms with Crippen LogP contribution in [-0.2, 0) is 21.4 Å². The van der Waals surface area contributed by atoms with Gasteiger partial charge in [0.05, 0.1) is 22.7 Å². The molecular weight excluding hydrogens is 570 g/mol. The summed E-state index contributed by atoms with van der Waals surface area (Å²) in [7, 11) is -2.35. The van der Waals surface area contributed by atoms with Crippen LogP contribution in [0, 0.1) is 12.8 Å². The van der Waals surface area contributed by atoms with Crippen molar-refractivity contribution in [2.45, 2.75) is 44.7 Å². The lowest BCUT2D eigenvalue weighted by Gasteiger charge is -2.19. The van der Waals surface area contributed by atoms with E-state index in [1.54, 1.807) is 24.3 Å². The summed E-state index contributed by atoms with van der Waals surface area (Å²) in [5.74, 6) is 0.547. The van der Waals surface area contributed by atoms with Crippen LogP contribution < -0.4 is 19.6 Å². The molecule has 0 radical (unpaired) electrons. The smallest absolute Gasteiger partial charge is 0.258 e. The first-order valence-electron chi connectivity index (χ1n) is 12.0. The summed E-state index contributed by atoms with van der Waals surface area (Å²) in [6, 6.07) is 18.7. The van der Waals surface area contributed by atoms with E-state index in [9.17, 15) is 13.2 Å². The number of halogens is 1. The van der Waals surface area contributed by atoms with Crippen LogP contribution in [0.3, 0.4) is 0 Å². The largest absolute Gasteiger partial charge is 0.493 e. The molecule has 0 aromatic heterocycles. The van der Waals surface area contributed by atoms with Crippen LogP contribution in [0.1, 0.15) is 37.0 Å². The molecule has 0 aliphatic carbocycles. The molecule has 0 saturated heterocycles. The molecule has 0 heterocycles. The van der Waals surface area contributed by atoms with Gasteiger partial charge in [-0.05, 0) is 70.6 Å². The zero-order valence-electron chi connectivity index (χ0n) is 21.8.